The number of carbonyl (C=O) groups excluding carboxylic acids is 1. The molecule has 0 aliphatic carbocycles. The number of ketones is 1. The second-order valence-electron chi connectivity index (χ2n) is 3.35. The molecule has 2 aromatic rings. The van der Waals surface area contributed by atoms with Gasteiger partial charge in [-0.3, -0.25) is 9.78 Å². The van der Waals surface area contributed by atoms with Crippen molar-refractivity contribution in [1.29, 1.82) is 0 Å². The first-order valence-corrected chi connectivity index (χ1v) is 5.85. The summed E-state index contributed by atoms with van der Waals surface area (Å²) in [5.41, 5.74) is 0.485. The molecule has 0 saturated heterocycles. The molecule has 86 valence electrons. The van der Waals surface area contributed by atoms with E-state index in [0.29, 0.717) is 10.0 Å². The van der Waals surface area contributed by atoms with Crippen LogP contribution in [0.4, 0.5) is 4.39 Å². The van der Waals surface area contributed by atoms with Crippen LogP contribution in [0.25, 0.3) is 0 Å². The summed E-state index contributed by atoms with van der Waals surface area (Å²) in [5.74, 6) is -0.857. The molecule has 17 heavy (non-hydrogen) atoms. The molecule has 1 aromatic heterocycles. The van der Waals surface area contributed by atoms with Gasteiger partial charge in [-0.1, -0.05) is 11.6 Å². The van der Waals surface area contributed by atoms with Crippen LogP contribution in [0.15, 0.2) is 41.1 Å². The Balaban J connectivity index is 2.47. The molecule has 2 nitrogen and oxygen atoms in total. The minimum Gasteiger partial charge on any atom is -0.288 e. The van der Waals surface area contributed by atoms with E-state index in [1.807, 2.05) is 0 Å². The van der Waals surface area contributed by atoms with Crippen molar-refractivity contribution >= 4 is 33.3 Å². The van der Waals surface area contributed by atoms with Crippen LogP contribution in [0, 0.1) is 5.82 Å². The van der Waals surface area contributed by atoms with Crippen molar-refractivity contribution in [1.82, 2.24) is 4.98 Å². The number of benzene rings is 1. The summed E-state index contributed by atoms with van der Waals surface area (Å²) in [4.78, 5) is 15.9. The van der Waals surface area contributed by atoms with Gasteiger partial charge >= 0.3 is 0 Å². The SMILES string of the molecule is O=C(c1cncc(Br)c1)c1cc(F)ccc1Cl. The highest BCUT2D eigenvalue weighted by Crippen LogP contribution is 2.21. The number of rotatable bonds is 2. The molecule has 2 rings (SSSR count). The van der Waals surface area contributed by atoms with E-state index < -0.39 is 5.82 Å². The zero-order valence-corrected chi connectivity index (χ0v) is 10.8. The summed E-state index contributed by atoms with van der Waals surface area (Å²) in [5, 5.41) is 0.219. The standard InChI is InChI=1S/C12H6BrClFNO/c13-8-3-7(5-16-6-8)12(17)10-4-9(15)1-2-11(10)14/h1-6H. The van der Waals surface area contributed by atoms with Crippen LogP contribution in [0.2, 0.25) is 5.02 Å². The van der Waals surface area contributed by atoms with Gasteiger partial charge in [0.2, 0.25) is 0 Å². The zero-order valence-electron chi connectivity index (χ0n) is 8.45. The van der Waals surface area contributed by atoms with Gasteiger partial charge in [-0.25, -0.2) is 4.39 Å². The van der Waals surface area contributed by atoms with E-state index in [1.165, 1.54) is 18.3 Å². The van der Waals surface area contributed by atoms with Crippen molar-refractivity contribution in [3.05, 3.63) is 63.1 Å². The van der Waals surface area contributed by atoms with E-state index in [0.717, 1.165) is 6.07 Å². The highest BCUT2D eigenvalue weighted by Gasteiger charge is 2.14. The van der Waals surface area contributed by atoms with Gasteiger partial charge in [0.05, 0.1) is 5.02 Å². The van der Waals surface area contributed by atoms with Crippen LogP contribution >= 0.6 is 27.5 Å². The highest BCUT2D eigenvalue weighted by molar-refractivity contribution is 9.10. The first-order valence-electron chi connectivity index (χ1n) is 4.68. The van der Waals surface area contributed by atoms with Gasteiger partial charge in [-0.15, -0.1) is 0 Å². The number of nitrogens with zero attached hydrogens (tertiary/aromatic N) is 1. The molecule has 5 heteroatoms. The van der Waals surface area contributed by atoms with Gasteiger partial charge in [0.1, 0.15) is 5.82 Å². The zero-order chi connectivity index (χ0) is 12.4. The maximum atomic E-state index is 13.1. The lowest BCUT2D eigenvalue weighted by atomic mass is 10.1. The first-order chi connectivity index (χ1) is 8.08. The summed E-state index contributed by atoms with van der Waals surface area (Å²) in [6, 6.07) is 5.29. The minimum atomic E-state index is -0.499. The summed E-state index contributed by atoms with van der Waals surface area (Å²) in [6.07, 6.45) is 2.97. The Morgan fingerprint density at radius 2 is 2.06 bits per heavy atom. The van der Waals surface area contributed by atoms with Gasteiger partial charge < -0.3 is 0 Å². The lowest BCUT2D eigenvalue weighted by Gasteiger charge is -2.03. The van der Waals surface area contributed by atoms with Crippen molar-refractivity contribution in [2.24, 2.45) is 0 Å². The molecular weight excluding hydrogens is 308 g/mol. The maximum Gasteiger partial charge on any atom is 0.196 e. The van der Waals surface area contributed by atoms with Crippen molar-refractivity contribution in [2.75, 3.05) is 0 Å². The average Bonchev–Trinajstić information content (AvgIpc) is 2.31. The van der Waals surface area contributed by atoms with Gasteiger partial charge in [-0.05, 0) is 40.2 Å². The summed E-state index contributed by atoms with van der Waals surface area (Å²) < 4.78 is 13.7. The van der Waals surface area contributed by atoms with E-state index in [2.05, 4.69) is 20.9 Å². The number of pyridine rings is 1. The fourth-order valence-corrected chi connectivity index (χ4v) is 1.93. The molecule has 1 aromatic carbocycles. The number of hydrogen-bond acceptors (Lipinski definition) is 2. The number of hydrogen-bond donors (Lipinski definition) is 0. The quantitative estimate of drug-likeness (QED) is 0.788. The van der Waals surface area contributed by atoms with E-state index in [1.54, 1.807) is 12.3 Å². The van der Waals surface area contributed by atoms with Crippen molar-refractivity contribution in [3.8, 4) is 0 Å². The van der Waals surface area contributed by atoms with Crippen LogP contribution < -0.4 is 0 Å². The van der Waals surface area contributed by atoms with Crippen LogP contribution in [0.1, 0.15) is 15.9 Å². The van der Waals surface area contributed by atoms with Crippen molar-refractivity contribution in [2.45, 2.75) is 0 Å². The number of halogens is 3. The molecular formula is C12H6BrClFNO. The Morgan fingerprint density at radius 3 is 2.76 bits per heavy atom. The Hall–Kier alpha value is -1.26. The third-order valence-corrected chi connectivity index (χ3v) is 2.90. The largest absolute Gasteiger partial charge is 0.288 e. The predicted octanol–water partition coefficient (Wildman–Crippen LogP) is 3.87. The van der Waals surface area contributed by atoms with E-state index in [9.17, 15) is 9.18 Å². The van der Waals surface area contributed by atoms with Gasteiger partial charge in [0, 0.05) is 28.0 Å². The smallest absolute Gasteiger partial charge is 0.196 e. The Labute approximate surface area is 111 Å². The minimum absolute atomic E-state index is 0.131. The molecule has 0 fully saturated rings. The monoisotopic (exact) mass is 313 g/mol. The fraction of sp³-hybridized carbons (Fsp3) is 0. The number of carbonyl (C=O) groups is 1. The summed E-state index contributed by atoms with van der Waals surface area (Å²) >= 11 is 9.08. The Bertz CT molecular complexity index is 588. The molecule has 0 unspecified atom stereocenters. The second kappa shape index (κ2) is 4.94. The van der Waals surface area contributed by atoms with Crippen LogP contribution in [0.5, 0.6) is 0 Å². The molecule has 0 aliphatic rings. The molecule has 0 radical (unpaired) electrons. The van der Waals surface area contributed by atoms with Crippen molar-refractivity contribution < 1.29 is 9.18 Å². The van der Waals surface area contributed by atoms with E-state index in [-0.39, 0.29) is 16.4 Å². The molecule has 1 heterocycles. The maximum absolute atomic E-state index is 13.1. The Morgan fingerprint density at radius 1 is 1.29 bits per heavy atom. The average molecular weight is 315 g/mol. The molecule has 0 saturated carbocycles. The Kier molecular flexibility index (Phi) is 3.54. The number of aromatic nitrogens is 1. The third-order valence-electron chi connectivity index (χ3n) is 2.14. The summed E-state index contributed by atoms with van der Waals surface area (Å²) in [7, 11) is 0. The van der Waals surface area contributed by atoms with Gasteiger partial charge in [-0.2, -0.15) is 0 Å². The normalized spacial score (nSPS) is 10.3. The molecule has 0 N–H and O–H groups in total. The van der Waals surface area contributed by atoms with Crippen LogP contribution in [-0.2, 0) is 0 Å². The first kappa shape index (κ1) is 12.2. The fourth-order valence-electron chi connectivity index (χ4n) is 1.36. The second-order valence-corrected chi connectivity index (χ2v) is 4.67. The highest BCUT2D eigenvalue weighted by atomic mass is 79.9. The lowest BCUT2D eigenvalue weighted by molar-refractivity contribution is 0.103. The third kappa shape index (κ3) is 2.70. The molecule has 0 amide bonds. The topological polar surface area (TPSA) is 30.0 Å². The van der Waals surface area contributed by atoms with Crippen molar-refractivity contribution in [3.63, 3.8) is 0 Å². The van der Waals surface area contributed by atoms with Gasteiger partial charge in [0.25, 0.3) is 0 Å². The van der Waals surface area contributed by atoms with Gasteiger partial charge in [0.15, 0.2) is 5.78 Å². The summed E-state index contributed by atoms with van der Waals surface area (Å²) in [6.45, 7) is 0. The van der Waals surface area contributed by atoms with E-state index >= 15 is 0 Å². The van der Waals surface area contributed by atoms with Crippen LogP contribution in [0.3, 0.4) is 0 Å². The molecule has 0 atom stereocenters. The molecule has 0 bridgehead atoms. The van der Waals surface area contributed by atoms with E-state index in [4.69, 9.17) is 11.6 Å². The molecule has 0 aliphatic heterocycles. The molecule has 0 spiro atoms. The predicted molar refractivity (Wildman–Crippen MR) is 66.8 cm³/mol. The van der Waals surface area contributed by atoms with Crippen LogP contribution in [-0.4, -0.2) is 10.8 Å². The lowest BCUT2D eigenvalue weighted by Crippen LogP contribution is -2.03.